The summed E-state index contributed by atoms with van der Waals surface area (Å²) < 4.78 is 61.8. The summed E-state index contributed by atoms with van der Waals surface area (Å²) in [5.41, 5.74) is 1.17. The second-order valence-corrected chi connectivity index (χ2v) is 6.89. The van der Waals surface area contributed by atoms with Crippen LogP contribution < -0.4 is 10.5 Å². The van der Waals surface area contributed by atoms with Crippen LogP contribution in [0.3, 0.4) is 0 Å². The lowest BCUT2D eigenvalue weighted by Gasteiger charge is -2.11. The number of nitrogens with one attached hydrogen (secondary N) is 1. The monoisotopic (exact) mass is 344 g/mol. The fourth-order valence-corrected chi connectivity index (χ4v) is 3.38. The summed E-state index contributed by atoms with van der Waals surface area (Å²) in [6.07, 6.45) is 0. The fraction of sp³-hybridized carbons (Fsp3) is 0.300. The van der Waals surface area contributed by atoms with E-state index in [0.717, 1.165) is 0 Å². The molecular weight excluding hydrogens is 333 g/mol. The van der Waals surface area contributed by atoms with Crippen molar-refractivity contribution in [2.75, 3.05) is 12.3 Å². The summed E-state index contributed by atoms with van der Waals surface area (Å²) >= 11 is 4.44. The van der Waals surface area contributed by atoms with Crippen LogP contribution in [0.25, 0.3) is 0 Å². The van der Waals surface area contributed by atoms with Gasteiger partial charge < -0.3 is 5.73 Å². The molecule has 0 aromatic heterocycles. The summed E-state index contributed by atoms with van der Waals surface area (Å²) in [5, 5.41) is 0. The zero-order valence-corrected chi connectivity index (χ0v) is 12.4. The first kappa shape index (κ1) is 17.2. The Kier molecular flexibility index (Phi) is 5.80. The Labute approximate surface area is 124 Å². The van der Waals surface area contributed by atoms with E-state index in [2.05, 4.69) is 4.72 Å². The summed E-state index contributed by atoms with van der Waals surface area (Å²) in [7, 11) is -3.95. The third-order valence-corrected chi connectivity index (χ3v) is 4.58. The second kappa shape index (κ2) is 6.74. The number of alkyl halides is 3. The third kappa shape index (κ3) is 5.27. The van der Waals surface area contributed by atoms with E-state index in [1.165, 1.54) is 18.2 Å². The highest BCUT2D eigenvalue weighted by molar-refractivity contribution is 8.00. The first-order chi connectivity index (χ1) is 9.13. The van der Waals surface area contributed by atoms with Gasteiger partial charge in [0.15, 0.2) is 0 Å². The van der Waals surface area contributed by atoms with Crippen LogP contribution in [0.15, 0.2) is 29.2 Å². The van der Waals surface area contributed by atoms with Crippen molar-refractivity contribution in [1.29, 1.82) is 0 Å². The van der Waals surface area contributed by atoms with E-state index < -0.39 is 21.3 Å². The molecule has 4 nitrogen and oxygen atoms in total. The summed E-state index contributed by atoms with van der Waals surface area (Å²) in [6, 6.07) is 5.75. The van der Waals surface area contributed by atoms with E-state index in [1.807, 2.05) is 0 Å². The van der Waals surface area contributed by atoms with Gasteiger partial charge in [-0.05, 0) is 17.8 Å². The van der Waals surface area contributed by atoms with E-state index in [9.17, 15) is 21.6 Å². The van der Waals surface area contributed by atoms with Crippen LogP contribution in [-0.4, -0.2) is 31.2 Å². The number of benzene rings is 1. The average Bonchev–Trinajstić information content (AvgIpc) is 2.33. The topological polar surface area (TPSA) is 72.2 Å². The van der Waals surface area contributed by atoms with Crippen molar-refractivity contribution in [3.05, 3.63) is 29.8 Å². The fourth-order valence-electron chi connectivity index (χ4n) is 1.33. The molecule has 0 amide bonds. The van der Waals surface area contributed by atoms with Crippen LogP contribution in [0, 0.1) is 0 Å². The standard InChI is InChI=1S/C10H11F3N2O2S3/c11-10(12,13)19-6-5-15-20(16,17)8-4-2-1-3-7(8)9(14)18/h1-4,15H,5-6H2,(H2,14,18). The number of thiocarbonyl (C=S) groups is 1. The molecule has 3 N–H and O–H groups in total. The Morgan fingerprint density at radius 3 is 2.50 bits per heavy atom. The van der Waals surface area contributed by atoms with Gasteiger partial charge in [-0.15, -0.1) is 0 Å². The van der Waals surface area contributed by atoms with Crippen LogP contribution in [-0.2, 0) is 10.0 Å². The van der Waals surface area contributed by atoms with Crippen molar-refractivity contribution in [2.45, 2.75) is 10.4 Å². The molecule has 1 aromatic carbocycles. The highest BCUT2D eigenvalue weighted by Gasteiger charge is 2.28. The lowest BCUT2D eigenvalue weighted by atomic mass is 10.2. The molecule has 0 heterocycles. The Bertz CT molecular complexity index is 588. The number of rotatable bonds is 6. The number of sulfonamides is 1. The number of nitrogens with two attached hydrogens (primary N) is 1. The van der Waals surface area contributed by atoms with E-state index in [-0.39, 0.29) is 33.8 Å². The summed E-state index contributed by atoms with van der Waals surface area (Å²) in [4.78, 5) is -0.250. The smallest absolute Gasteiger partial charge is 0.389 e. The molecule has 0 fully saturated rings. The molecule has 0 unspecified atom stereocenters. The SMILES string of the molecule is NC(=S)c1ccccc1S(=O)(=O)NCCSC(F)(F)F. The van der Waals surface area contributed by atoms with Crippen LogP contribution in [0.5, 0.6) is 0 Å². The maximum absolute atomic E-state index is 12.0. The van der Waals surface area contributed by atoms with Gasteiger partial charge >= 0.3 is 5.51 Å². The summed E-state index contributed by atoms with van der Waals surface area (Å²) in [5.74, 6) is -0.419. The van der Waals surface area contributed by atoms with Gasteiger partial charge in [-0.25, -0.2) is 13.1 Å². The van der Waals surface area contributed by atoms with Crippen molar-refractivity contribution in [1.82, 2.24) is 4.72 Å². The number of thioether (sulfide) groups is 1. The van der Waals surface area contributed by atoms with Gasteiger partial charge in [0.25, 0.3) is 0 Å². The summed E-state index contributed by atoms with van der Waals surface area (Å²) in [6.45, 7) is -0.349. The van der Waals surface area contributed by atoms with Crippen LogP contribution in [0.2, 0.25) is 0 Å². The van der Waals surface area contributed by atoms with Crippen molar-refractivity contribution in [2.24, 2.45) is 5.73 Å². The van der Waals surface area contributed by atoms with Gasteiger partial charge in [0.2, 0.25) is 10.0 Å². The molecule has 0 atom stereocenters. The first-order valence-corrected chi connectivity index (χ1v) is 8.10. The minimum atomic E-state index is -4.39. The maximum Gasteiger partial charge on any atom is 0.441 e. The zero-order chi connectivity index (χ0) is 15.4. The molecule has 112 valence electrons. The van der Waals surface area contributed by atoms with Crippen molar-refractivity contribution >= 4 is 39.0 Å². The minimum Gasteiger partial charge on any atom is -0.389 e. The minimum absolute atomic E-state index is 0.101. The molecule has 10 heteroatoms. The second-order valence-electron chi connectivity index (χ2n) is 3.55. The van der Waals surface area contributed by atoms with Gasteiger partial charge in [0.1, 0.15) is 4.99 Å². The molecular formula is C10H11F3N2O2S3. The largest absolute Gasteiger partial charge is 0.441 e. The molecule has 0 saturated heterocycles. The van der Waals surface area contributed by atoms with Crippen molar-refractivity contribution in [3.8, 4) is 0 Å². The van der Waals surface area contributed by atoms with Crippen molar-refractivity contribution < 1.29 is 21.6 Å². The van der Waals surface area contributed by atoms with E-state index >= 15 is 0 Å². The predicted molar refractivity (Wildman–Crippen MR) is 76.0 cm³/mol. The van der Waals surface area contributed by atoms with E-state index in [0.29, 0.717) is 0 Å². The lowest BCUT2D eigenvalue weighted by molar-refractivity contribution is -0.0327. The van der Waals surface area contributed by atoms with Crippen LogP contribution in [0.1, 0.15) is 5.56 Å². The van der Waals surface area contributed by atoms with E-state index in [1.54, 1.807) is 6.07 Å². The third-order valence-electron chi connectivity index (χ3n) is 2.10. The molecule has 0 aliphatic heterocycles. The number of halogens is 3. The highest BCUT2D eigenvalue weighted by atomic mass is 32.2. The Hall–Kier alpha value is -0.840. The van der Waals surface area contributed by atoms with Crippen molar-refractivity contribution in [3.63, 3.8) is 0 Å². The quantitative estimate of drug-likeness (QED) is 0.609. The Morgan fingerprint density at radius 2 is 1.95 bits per heavy atom. The van der Waals surface area contributed by atoms with Crippen LogP contribution in [0.4, 0.5) is 13.2 Å². The van der Waals surface area contributed by atoms with Crippen LogP contribution >= 0.6 is 24.0 Å². The van der Waals surface area contributed by atoms with E-state index in [4.69, 9.17) is 18.0 Å². The molecule has 1 aromatic rings. The molecule has 0 bridgehead atoms. The Balaban J connectivity index is 2.78. The zero-order valence-electron chi connectivity index (χ0n) is 9.98. The molecule has 0 radical (unpaired) electrons. The first-order valence-electron chi connectivity index (χ1n) is 5.23. The van der Waals surface area contributed by atoms with Gasteiger partial charge in [-0.1, -0.05) is 30.4 Å². The number of hydrogen-bond acceptors (Lipinski definition) is 4. The highest BCUT2D eigenvalue weighted by Crippen LogP contribution is 2.29. The predicted octanol–water partition coefficient (Wildman–Crippen LogP) is 1.85. The molecule has 0 aliphatic carbocycles. The molecule has 0 saturated carbocycles. The molecule has 20 heavy (non-hydrogen) atoms. The van der Waals surface area contributed by atoms with Gasteiger partial charge in [0, 0.05) is 17.9 Å². The number of hydrogen-bond donors (Lipinski definition) is 2. The van der Waals surface area contributed by atoms with Gasteiger partial charge in [0.05, 0.1) is 4.90 Å². The normalized spacial score (nSPS) is 12.3. The lowest BCUT2D eigenvalue weighted by Crippen LogP contribution is -2.29. The van der Waals surface area contributed by atoms with Gasteiger partial charge in [-0.3, -0.25) is 0 Å². The maximum atomic E-state index is 12.0. The molecule has 0 spiro atoms. The van der Waals surface area contributed by atoms with Gasteiger partial charge in [-0.2, -0.15) is 13.2 Å². The molecule has 1 rings (SSSR count). The molecule has 0 aliphatic rings. The Morgan fingerprint density at radius 1 is 1.35 bits per heavy atom. The average molecular weight is 344 g/mol.